The highest BCUT2D eigenvalue weighted by molar-refractivity contribution is 5.92. The maximum absolute atomic E-state index is 12.2. The minimum absolute atomic E-state index is 0.0635. The molecule has 3 N–H and O–H groups in total. The molecule has 1 amide bonds. The van der Waals surface area contributed by atoms with Crippen LogP contribution in [0.25, 0.3) is 0 Å². The summed E-state index contributed by atoms with van der Waals surface area (Å²) in [5, 5.41) is 3.00. The fourth-order valence-corrected chi connectivity index (χ4v) is 2.94. The van der Waals surface area contributed by atoms with Gasteiger partial charge < -0.3 is 11.1 Å². The van der Waals surface area contributed by atoms with Gasteiger partial charge in [-0.2, -0.15) is 0 Å². The molecule has 1 heterocycles. The van der Waals surface area contributed by atoms with Gasteiger partial charge in [-0.3, -0.25) is 9.69 Å². The maximum Gasteiger partial charge on any atom is 0.238 e. The number of nitrogens with two attached hydrogens (primary N) is 1. The smallest absolute Gasteiger partial charge is 0.238 e. The zero-order chi connectivity index (χ0) is 15.2. The van der Waals surface area contributed by atoms with E-state index in [1.807, 2.05) is 18.2 Å². The summed E-state index contributed by atoms with van der Waals surface area (Å²) in [6.07, 6.45) is 3.28. The molecule has 2 atom stereocenters. The summed E-state index contributed by atoms with van der Waals surface area (Å²) in [5.41, 5.74) is 8.12. The summed E-state index contributed by atoms with van der Waals surface area (Å²) < 4.78 is 0. The largest absolute Gasteiger partial charge is 0.328 e. The van der Waals surface area contributed by atoms with E-state index in [0.717, 1.165) is 31.6 Å². The Hall–Kier alpha value is -1.39. The lowest BCUT2D eigenvalue weighted by Gasteiger charge is -2.34. The van der Waals surface area contributed by atoms with Crippen molar-refractivity contribution < 1.29 is 4.79 Å². The lowest BCUT2D eigenvalue weighted by atomic mass is 9.92. The van der Waals surface area contributed by atoms with Crippen LogP contribution in [0.5, 0.6) is 0 Å². The van der Waals surface area contributed by atoms with Crippen LogP contribution < -0.4 is 11.1 Å². The Morgan fingerprint density at radius 2 is 2.33 bits per heavy atom. The molecule has 21 heavy (non-hydrogen) atoms. The van der Waals surface area contributed by atoms with Crippen LogP contribution in [-0.2, 0) is 11.2 Å². The molecule has 4 heteroatoms. The van der Waals surface area contributed by atoms with Crippen LogP contribution in [0.4, 0.5) is 5.69 Å². The second-order valence-electron chi connectivity index (χ2n) is 6.10. The molecule has 1 saturated heterocycles. The van der Waals surface area contributed by atoms with Crippen molar-refractivity contribution in [3.05, 3.63) is 29.8 Å². The molecular weight excluding hydrogens is 262 g/mol. The first-order valence-electron chi connectivity index (χ1n) is 7.95. The molecule has 0 bridgehead atoms. The van der Waals surface area contributed by atoms with Gasteiger partial charge in [-0.15, -0.1) is 0 Å². The van der Waals surface area contributed by atoms with Crippen molar-refractivity contribution >= 4 is 11.6 Å². The van der Waals surface area contributed by atoms with Crippen LogP contribution in [0.15, 0.2) is 24.3 Å². The molecule has 0 saturated carbocycles. The Kier molecular flexibility index (Phi) is 5.76. The number of nitrogens with zero attached hydrogens (tertiary/aromatic N) is 1. The number of likely N-dealkylation sites (tertiary alicyclic amines) is 1. The zero-order valence-electron chi connectivity index (χ0n) is 13.1. The molecule has 116 valence electrons. The number of nitrogens with one attached hydrogen (secondary N) is 1. The Balaban J connectivity index is 1.86. The lowest BCUT2D eigenvalue weighted by Crippen LogP contribution is -2.45. The molecule has 1 aromatic rings. The number of hydrogen-bond acceptors (Lipinski definition) is 3. The minimum atomic E-state index is 0.0635. The molecule has 0 aliphatic carbocycles. The average Bonchev–Trinajstić information content (AvgIpc) is 2.47. The van der Waals surface area contributed by atoms with Crippen molar-refractivity contribution in [2.24, 2.45) is 11.7 Å². The van der Waals surface area contributed by atoms with Crippen molar-refractivity contribution in [2.75, 3.05) is 25.0 Å². The molecule has 2 unspecified atom stereocenters. The van der Waals surface area contributed by atoms with E-state index in [-0.39, 0.29) is 11.9 Å². The number of hydrogen-bond donors (Lipinski definition) is 2. The van der Waals surface area contributed by atoms with Crippen LogP contribution in [-0.4, -0.2) is 36.5 Å². The molecule has 1 aliphatic rings. The van der Waals surface area contributed by atoms with Crippen molar-refractivity contribution in [3.63, 3.8) is 0 Å². The fraction of sp³-hybridized carbons (Fsp3) is 0.588. The number of benzene rings is 1. The van der Waals surface area contributed by atoms with Gasteiger partial charge in [-0.25, -0.2) is 0 Å². The summed E-state index contributed by atoms with van der Waals surface area (Å²) in [6.45, 7) is 6.55. The van der Waals surface area contributed by atoms with E-state index in [1.54, 1.807) is 0 Å². The first-order valence-corrected chi connectivity index (χ1v) is 7.95. The summed E-state index contributed by atoms with van der Waals surface area (Å²) >= 11 is 0. The Morgan fingerprint density at radius 1 is 1.52 bits per heavy atom. The van der Waals surface area contributed by atoms with E-state index >= 15 is 0 Å². The number of carbonyl (C=O) groups excluding carboxylic acids is 1. The quantitative estimate of drug-likeness (QED) is 0.874. The first kappa shape index (κ1) is 16.0. The number of rotatable bonds is 5. The Bertz CT molecular complexity index is 473. The predicted octanol–water partition coefficient (Wildman–Crippen LogP) is 2.25. The van der Waals surface area contributed by atoms with Crippen LogP contribution >= 0.6 is 0 Å². The molecule has 0 spiro atoms. The maximum atomic E-state index is 12.2. The standard InChI is InChI=1S/C17H27N3O/c1-3-14-6-4-8-16(10-14)19-17(21)12-20-9-5-7-15(11-20)13(2)18/h4,6,8,10,13,15H,3,5,7,9,11-12,18H2,1-2H3,(H,19,21). The minimum Gasteiger partial charge on any atom is -0.328 e. The molecule has 2 rings (SSSR count). The van der Waals surface area contributed by atoms with E-state index in [4.69, 9.17) is 5.73 Å². The Labute approximate surface area is 127 Å². The van der Waals surface area contributed by atoms with Crippen molar-refractivity contribution in [1.29, 1.82) is 0 Å². The van der Waals surface area contributed by atoms with Gasteiger partial charge in [0.15, 0.2) is 0 Å². The molecule has 1 fully saturated rings. The third kappa shape index (κ3) is 4.83. The van der Waals surface area contributed by atoms with Crippen LogP contribution in [0.2, 0.25) is 0 Å². The predicted molar refractivity (Wildman–Crippen MR) is 87.3 cm³/mol. The van der Waals surface area contributed by atoms with E-state index < -0.39 is 0 Å². The number of anilines is 1. The topological polar surface area (TPSA) is 58.4 Å². The van der Waals surface area contributed by atoms with Crippen LogP contribution in [0.1, 0.15) is 32.3 Å². The molecule has 1 aromatic carbocycles. The van der Waals surface area contributed by atoms with Gasteiger partial charge in [-0.1, -0.05) is 19.1 Å². The van der Waals surface area contributed by atoms with Crippen molar-refractivity contribution in [1.82, 2.24) is 4.90 Å². The van der Waals surface area contributed by atoms with Crippen LogP contribution in [0, 0.1) is 5.92 Å². The van der Waals surface area contributed by atoms with E-state index in [1.165, 1.54) is 12.0 Å². The SMILES string of the molecule is CCc1cccc(NC(=O)CN2CCCC(C(C)N)C2)c1. The van der Waals surface area contributed by atoms with Crippen molar-refractivity contribution in [2.45, 2.75) is 39.2 Å². The number of carbonyl (C=O) groups is 1. The third-order valence-electron chi connectivity index (χ3n) is 4.27. The van der Waals surface area contributed by atoms with Gasteiger partial charge in [0.1, 0.15) is 0 Å². The molecule has 0 radical (unpaired) electrons. The summed E-state index contributed by atoms with van der Waals surface area (Å²) in [5.74, 6) is 0.573. The highest BCUT2D eigenvalue weighted by atomic mass is 16.2. The normalized spacial score (nSPS) is 21.0. The average molecular weight is 289 g/mol. The molecular formula is C17H27N3O. The number of piperidine rings is 1. The summed E-state index contributed by atoms with van der Waals surface area (Å²) in [6, 6.07) is 8.25. The Morgan fingerprint density at radius 3 is 3.05 bits per heavy atom. The highest BCUT2D eigenvalue weighted by Crippen LogP contribution is 2.18. The summed E-state index contributed by atoms with van der Waals surface area (Å²) in [4.78, 5) is 14.4. The van der Waals surface area contributed by atoms with E-state index in [9.17, 15) is 4.79 Å². The van der Waals surface area contributed by atoms with Crippen molar-refractivity contribution in [3.8, 4) is 0 Å². The fourth-order valence-electron chi connectivity index (χ4n) is 2.94. The zero-order valence-corrected chi connectivity index (χ0v) is 13.1. The van der Waals surface area contributed by atoms with Gasteiger partial charge in [0.2, 0.25) is 5.91 Å². The van der Waals surface area contributed by atoms with E-state index in [0.29, 0.717) is 12.5 Å². The van der Waals surface area contributed by atoms with E-state index in [2.05, 4.69) is 30.1 Å². The second-order valence-corrected chi connectivity index (χ2v) is 6.10. The van der Waals surface area contributed by atoms with Gasteiger partial charge in [0.25, 0.3) is 0 Å². The highest BCUT2D eigenvalue weighted by Gasteiger charge is 2.23. The molecule has 4 nitrogen and oxygen atoms in total. The molecule has 1 aliphatic heterocycles. The second kappa shape index (κ2) is 7.57. The van der Waals surface area contributed by atoms with Crippen LogP contribution in [0.3, 0.4) is 0 Å². The van der Waals surface area contributed by atoms with Gasteiger partial charge in [-0.05, 0) is 56.3 Å². The number of amides is 1. The monoisotopic (exact) mass is 289 g/mol. The summed E-state index contributed by atoms with van der Waals surface area (Å²) in [7, 11) is 0. The number of aryl methyl sites for hydroxylation is 1. The van der Waals surface area contributed by atoms with Gasteiger partial charge in [0, 0.05) is 18.3 Å². The first-order chi connectivity index (χ1) is 10.1. The lowest BCUT2D eigenvalue weighted by molar-refractivity contribution is -0.117. The van der Waals surface area contributed by atoms with Gasteiger partial charge in [0.05, 0.1) is 6.54 Å². The third-order valence-corrected chi connectivity index (χ3v) is 4.27. The van der Waals surface area contributed by atoms with Gasteiger partial charge >= 0.3 is 0 Å². The molecule has 0 aromatic heterocycles.